The van der Waals surface area contributed by atoms with Crippen LogP contribution in [-0.2, 0) is 0 Å². The van der Waals surface area contributed by atoms with Crippen molar-refractivity contribution in [1.82, 2.24) is 0 Å². The SMILES string of the molecule is CCCCN(CC1(CS)CCCCC1)c1ccccc1. The number of hydrogen-bond donors (Lipinski definition) is 1. The van der Waals surface area contributed by atoms with Crippen molar-refractivity contribution in [3.05, 3.63) is 30.3 Å². The lowest BCUT2D eigenvalue weighted by atomic mass is 9.75. The van der Waals surface area contributed by atoms with E-state index in [2.05, 4.69) is 42.2 Å². The minimum Gasteiger partial charge on any atom is -0.371 e. The molecule has 0 bridgehead atoms. The molecule has 0 spiro atoms. The summed E-state index contributed by atoms with van der Waals surface area (Å²) in [5.41, 5.74) is 1.82. The standard InChI is InChI=1S/C18H29NS/c1-2-3-14-19(17-10-6-4-7-11-17)15-18(16-20)12-8-5-9-13-18/h4,6-7,10-11,20H,2-3,5,8-9,12-16H2,1H3. The molecule has 1 saturated carbocycles. The van der Waals surface area contributed by atoms with Crippen LogP contribution in [0.1, 0.15) is 51.9 Å². The molecule has 0 saturated heterocycles. The van der Waals surface area contributed by atoms with Crippen LogP contribution < -0.4 is 4.90 Å². The minimum absolute atomic E-state index is 0.435. The van der Waals surface area contributed by atoms with E-state index in [1.807, 2.05) is 0 Å². The van der Waals surface area contributed by atoms with Crippen LogP contribution >= 0.6 is 12.6 Å². The van der Waals surface area contributed by atoms with Gasteiger partial charge in [0.2, 0.25) is 0 Å². The topological polar surface area (TPSA) is 3.24 Å². The Morgan fingerprint density at radius 3 is 2.40 bits per heavy atom. The first-order valence-electron chi connectivity index (χ1n) is 8.20. The van der Waals surface area contributed by atoms with E-state index in [0.717, 1.165) is 5.75 Å². The maximum Gasteiger partial charge on any atom is 0.0366 e. The number of rotatable bonds is 7. The molecule has 2 rings (SSSR count). The second kappa shape index (κ2) is 7.97. The predicted octanol–water partition coefficient (Wildman–Crippen LogP) is 5.17. The Balaban J connectivity index is 2.10. The van der Waals surface area contributed by atoms with E-state index in [1.165, 1.54) is 63.7 Å². The zero-order valence-corrected chi connectivity index (χ0v) is 13.7. The molecular formula is C18H29NS. The van der Waals surface area contributed by atoms with Crippen molar-refractivity contribution < 1.29 is 0 Å². The van der Waals surface area contributed by atoms with Gasteiger partial charge in [0.1, 0.15) is 0 Å². The molecule has 0 atom stereocenters. The second-order valence-corrected chi connectivity index (χ2v) is 6.65. The van der Waals surface area contributed by atoms with Crippen LogP contribution in [0.5, 0.6) is 0 Å². The van der Waals surface area contributed by atoms with Crippen LogP contribution in [0.25, 0.3) is 0 Å². The van der Waals surface area contributed by atoms with E-state index in [4.69, 9.17) is 12.6 Å². The molecule has 0 heterocycles. The predicted molar refractivity (Wildman–Crippen MR) is 92.9 cm³/mol. The number of nitrogens with zero attached hydrogens (tertiary/aromatic N) is 1. The molecule has 20 heavy (non-hydrogen) atoms. The highest BCUT2D eigenvalue weighted by molar-refractivity contribution is 7.80. The molecule has 1 aliphatic rings. The molecular weight excluding hydrogens is 262 g/mol. The van der Waals surface area contributed by atoms with Gasteiger partial charge in [0.25, 0.3) is 0 Å². The minimum atomic E-state index is 0.435. The summed E-state index contributed by atoms with van der Waals surface area (Å²) in [6.07, 6.45) is 9.43. The van der Waals surface area contributed by atoms with Gasteiger partial charge >= 0.3 is 0 Å². The van der Waals surface area contributed by atoms with E-state index in [0.29, 0.717) is 5.41 Å². The number of unbranched alkanes of at least 4 members (excludes halogenated alkanes) is 1. The molecule has 2 heteroatoms. The number of thiol groups is 1. The Kier molecular flexibility index (Phi) is 6.28. The summed E-state index contributed by atoms with van der Waals surface area (Å²) in [7, 11) is 0. The highest BCUT2D eigenvalue weighted by Gasteiger charge is 2.32. The zero-order valence-electron chi connectivity index (χ0n) is 12.9. The van der Waals surface area contributed by atoms with Crippen LogP contribution in [-0.4, -0.2) is 18.8 Å². The van der Waals surface area contributed by atoms with Crippen LogP contribution in [0.3, 0.4) is 0 Å². The maximum atomic E-state index is 4.70. The molecule has 0 N–H and O–H groups in total. The average molecular weight is 292 g/mol. The Hall–Kier alpha value is -0.630. The third-order valence-electron chi connectivity index (χ3n) is 4.68. The Bertz CT molecular complexity index is 370. The fraction of sp³-hybridized carbons (Fsp3) is 0.667. The first kappa shape index (κ1) is 15.8. The molecule has 1 fully saturated rings. The molecule has 1 nitrogen and oxygen atoms in total. The van der Waals surface area contributed by atoms with Crippen molar-refractivity contribution in [2.24, 2.45) is 5.41 Å². The number of anilines is 1. The van der Waals surface area contributed by atoms with Crippen molar-refractivity contribution in [2.75, 3.05) is 23.7 Å². The molecule has 0 amide bonds. The molecule has 1 aliphatic carbocycles. The quantitative estimate of drug-likeness (QED) is 0.678. The maximum absolute atomic E-state index is 4.70. The third-order valence-corrected chi connectivity index (χ3v) is 5.35. The van der Waals surface area contributed by atoms with Gasteiger partial charge in [0.15, 0.2) is 0 Å². The molecule has 0 aromatic heterocycles. The van der Waals surface area contributed by atoms with Gasteiger partial charge in [-0.1, -0.05) is 50.8 Å². The summed E-state index contributed by atoms with van der Waals surface area (Å²) in [6, 6.07) is 10.9. The van der Waals surface area contributed by atoms with E-state index in [-0.39, 0.29) is 0 Å². The van der Waals surface area contributed by atoms with Crippen LogP contribution in [0.4, 0.5) is 5.69 Å². The van der Waals surface area contributed by atoms with Gasteiger partial charge in [-0.15, -0.1) is 0 Å². The number of para-hydroxylation sites is 1. The lowest BCUT2D eigenvalue weighted by molar-refractivity contribution is 0.227. The summed E-state index contributed by atoms with van der Waals surface area (Å²) < 4.78 is 0. The largest absolute Gasteiger partial charge is 0.371 e. The first-order valence-corrected chi connectivity index (χ1v) is 8.84. The molecule has 112 valence electrons. The van der Waals surface area contributed by atoms with Gasteiger partial charge in [0, 0.05) is 18.8 Å². The van der Waals surface area contributed by atoms with Crippen LogP contribution in [0.15, 0.2) is 30.3 Å². The van der Waals surface area contributed by atoms with Gasteiger partial charge in [-0.25, -0.2) is 0 Å². The molecule has 0 unspecified atom stereocenters. The van der Waals surface area contributed by atoms with E-state index >= 15 is 0 Å². The lowest BCUT2D eigenvalue weighted by Crippen LogP contribution is -2.41. The van der Waals surface area contributed by atoms with Gasteiger partial charge in [-0.3, -0.25) is 0 Å². The summed E-state index contributed by atoms with van der Waals surface area (Å²) in [5, 5.41) is 0. The summed E-state index contributed by atoms with van der Waals surface area (Å²) in [4.78, 5) is 2.60. The van der Waals surface area contributed by atoms with E-state index in [9.17, 15) is 0 Å². The Morgan fingerprint density at radius 1 is 1.10 bits per heavy atom. The van der Waals surface area contributed by atoms with Crippen molar-refractivity contribution in [3.63, 3.8) is 0 Å². The van der Waals surface area contributed by atoms with Crippen molar-refractivity contribution in [3.8, 4) is 0 Å². The highest BCUT2D eigenvalue weighted by Crippen LogP contribution is 2.39. The molecule has 1 aromatic rings. The third kappa shape index (κ3) is 4.18. The van der Waals surface area contributed by atoms with Crippen molar-refractivity contribution in [1.29, 1.82) is 0 Å². The normalized spacial score (nSPS) is 17.9. The van der Waals surface area contributed by atoms with Crippen molar-refractivity contribution in [2.45, 2.75) is 51.9 Å². The summed E-state index contributed by atoms with van der Waals surface area (Å²) in [6.45, 7) is 4.63. The van der Waals surface area contributed by atoms with Crippen molar-refractivity contribution >= 4 is 18.3 Å². The summed E-state index contributed by atoms with van der Waals surface area (Å²) >= 11 is 4.70. The van der Waals surface area contributed by atoms with E-state index < -0.39 is 0 Å². The Morgan fingerprint density at radius 2 is 1.80 bits per heavy atom. The first-order chi connectivity index (χ1) is 9.79. The zero-order chi connectivity index (χ0) is 14.3. The van der Waals surface area contributed by atoms with E-state index in [1.54, 1.807) is 0 Å². The monoisotopic (exact) mass is 291 g/mol. The highest BCUT2D eigenvalue weighted by atomic mass is 32.1. The average Bonchev–Trinajstić information content (AvgIpc) is 2.53. The number of benzene rings is 1. The number of hydrogen-bond acceptors (Lipinski definition) is 2. The lowest BCUT2D eigenvalue weighted by Gasteiger charge is -2.41. The fourth-order valence-corrected chi connectivity index (χ4v) is 3.78. The fourth-order valence-electron chi connectivity index (χ4n) is 3.36. The molecule has 0 aliphatic heterocycles. The van der Waals surface area contributed by atoms with Gasteiger partial charge in [0.05, 0.1) is 0 Å². The van der Waals surface area contributed by atoms with Gasteiger partial charge < -0.3 is 4.90 Å². The van der Waals surface area contributed by atoms with Crippen LogP contribution in [0, 0.1) is 5.41 Å². The Labute approximate surface area is 130 Å². The molecule has 0 radical (unpaired) electrons. The van der Waals surface area contributed by atoms with Gasteiger partial charge in [-0.2, -0.15) is 12.6 Å². The van der Waals surface area contributed by atoms with Gasteiger partial charge in [-0.05, 0) is 42.6 Å². The smallest absolute Gasteiger partial charge is 0.0366 e. The summed E-state index contributed by atoms with van der Waals surface area (Å²) in [5.74, 6) is 1.03. The van der Waals surface area contributed by atoms with Crippen LogP contribution in [0.2, 0.25) is 0 Å². The molecule has 1 aromatic carbocycles. The second-order valence-electron chi connectivity index (χ2n) is 6.33.